The summed E-state index contributed by atoms with van der Waals surface area (Å²) in [7, 11) is 0. The Kier molecular flexibility index (Phi) is 0.974. The number of amidine groups is 1. The van der Waals surface area contributed by atoms with Crippen LogP contribution in [0.15, 0.2) is 15.0 Å². The highest BCUT2D eigenvalue weighted by atomic mass is 16.4. The Morgan fingerprint density at radius 3 is 3.18 bits per heavy atom. The second-order valence-corrected chi connectivity index (χ2v) is 1.92. The molecule has 0 aromatic rings. The lowest BCUT2D eigenvalue weighted by molar-refractivity contribution is -0.113. The maximum absolute atomic E-state index is 10.9. The van der Waals surface area contributed by atoms with Gasteiger partial charge in [0.2, 0.25) is 0 Å². The summed E-state index contributed by atoms with van der Waals surface area (Å²) < 4.78 is 0. The number of nitrogens with one attached hydrogen (secondary N) is 1. The lowest BCUT2D eigenvalue weighted by Gasteiger charge is -2.05. The third kappa shape index (κ3) is 0.759. The van der Waals surface area contributed by atoms with Crippen molar-refractivity contribution in [3.63, 3.8) is 0 Å². The molecular weight excluding hydrogens is 150 g/mol. The molecule has 2 rings (SSSR count). The molecule has 1 N–H and O–H groups in total. The zero-order valence-electron chi connectivity index (χ0n) is 5.24. The van der Waals surface area contributed by atoms with E-state index in [0.717, 1.165) is 0 Å². The van der Waals surface area contributed by atoms with Crippen molar-refractivity contribution in [3.05, 3.63) is 0 Å². The topological polar surface area (TPSA) is 83.2 Å². The van der Waals surface area contributed by atoms with Crippen molar-refractivity contribution in [1.82, 2.24) is 5.32 Å². The smallest absolute Gasteiger partial charge is 0.271 e. The predicted molar refractivity (Wildman–Crippen MR) is 36.9 cm³/mol. The minimum Gasteiger partial charge on any atom is -0.271 e. The number of amides is 3. The number of imide groups is 1. The summed E-state index contributed by atoms with van der Waals surface area (Å²) in [5, 5.41) is 1.97. The highest BCUT2D eigenvalue weighted by Crippen LogP contribution is 2.00. The summed E-state index contributed by atoms with van der Waals surface area (Å²) in [6, 6.07) is -0.692. The van der Waals surface area contributed by atoms with Crippen LogP contribution >= 0.6 is 0 Å². The Labute approximate surface area is 60.7 Å². The van der Waals surface area contributed by atoms with Crippen LogP contribution in [0.4, 0.5) is 4.79 Å². The maximum atomic E-state index is 10.9. The third-order valence-corrected chi connectivity index (χ3v) is 1.22. The molecule has 3 amide bonds. The van der Waals surface area contributed by atoms with Crippen LogP contribution in [0.5, 0.6) is 0 Å². The predicted octanol–water partition coefficient (Wildman–Crippen LogP) is -0.882. The fourth-order valence-corrected chi connectivity index (χ4v) is 0.783. The van der Waals surface area contributed by atoms with E-state index in [9.17, 15) is 9.59 Å². The van der Waals surface area contributed by atoms with Gasteiger partial charge in [-0.1, -0.05) is 0 Å². The number of carbonyl (C=O) groups excluding carboxylic acids is 2. The van der Waals surface area contributed by atoms with Crippen LogP contribution in [0.25, 0.3) is 0 Å². The van der Waals surface area contributed by atoms with Crippen molar-refractivity contribution in [1.29, 1.82) is 0 Å². The minimum absolute atomic E-state index is 0.0961. The van der Waals surface area contributed by atoms with Crippen LogP contribution < -0.4 is 5.32 Å². The number of hydrogen-bond donors (Lipinski definition) is 1. The van der Waals surface area contributed by atoms with E-state index in [2.05, 4.69) is 15.0 Å². The van der Waals surface area contributed by atoms with Gasteiger partial charge in [-0.25, -0.2) is 14.8 Å². The molecule has 0 saturated heterocycles. The molecule has 0 saturated carbocycles. The molecule has 0 fully saturated rings. The van der Waals surface area contributed by atoms with Gasteiger partial charge in [0, 0.05) is 0 Å². The molecule has 0 aromatic heterocycles. The van der Waals surface area contributed by atoms with Crippen LogP contribution in [-0.2, 0) is 4.79 Å². The standard InChI is InChI=1S/C5H2N4O2/c10-4-2-3(7-1-6-2)8-5(11)9-4/h1H,(H,9,10,11)/i5+2. The highest BCUT2D eigenvalue weighted by molar-refractivity contribution is 6.71. The van der Waals surface area contributed by atoms with Gasteiger partial charge in [-0.15, -0.1) is 0 Å². The molecular formula is C5H2N4O2. The van der Waals surface area contributed by atoms with Gasteiger partial charge in [0.05, 0.1) is 0 Å². The van der Waals surface area contributed by atoms with Gasteiger partial charge in [-0.05, 0) is 0 Å². The second kappa shape index (κ2) is 1.82. The van der Waals surface area contributed by atoms with Gasteiger partial charge in [0.1, 0.15) is 6.34 Å². The van der Waals surface area contributed by atoms with Crippen molar-refractivity contribution < 1.29 is 9.59 Å². The first kappa shape index (κ1) is 5.90. The fraction of sp³-hybridized carbons (Fsp3) is 0. The number of aliphatic imine (C=N–C) groups is 3. The van der Waals surface area contributed by atoms with Gasteiger partial charge in [-0.2, -0.15) is 4.99 Å². The molecule has 54 valence electrons. The van der Waals surface area contributed by atoms with Crippen molar-refractivity contribution in [2.75, 3.05) is 0 Å². The Hall–Kier alpha value is -1.85. The van der Waals surface area contributed by atoms with E-state index in [0.29, 0.717) is 0 Å². The molecule has 11 heavy (non-hydrogen) atoms. The van der Waals surface area contributed by atoms with E-state index in [4.69, 9.17) is 0 Å². The van der Waals surface area contributed by atoms with Crippen LogP contribution in [0.2, 0.25) is 0 Å². The SMILES string of the molecule is O=C1N[14C](=O)N=C2N=CN=C12. The van der Waals surface area contributed by atoms with Crippen LogP contribution in [0.3, 0.4) is 0 Å². The normalized spacial score (nSPS) is 20.7. The Balaban J connectivity index is 2.53. The molecule has 0 unspecified atom stereocenters. The van der Waals surface area contributed by atoms with E-state index in [1.165, 1.54) is 6.34 Å². The quantitative estimate of drug-likeness (QED) is 0.488. The number of fused-ring (bicyclic) bond motifs is 1. The van der Waals surface area contributed by atoms with Gasteiger partial charge >= 0.3 is 6.03 Å². The molecule has 2 heterocycles. The minimum atomic E-state index is -0.692. The zero-order valence-corrected chi connectivity index (χ0v) is 5.24. The van der Waals surface area contributed by atoms with Gasteiger partial charge in [-0.3, -0.25) is 10.1 Å². The van der Waals surface area contributed by atoms with Gasteiger partial charge in [0.15, 0.2) is 11.5 Å². The zero-order chi connectivity index (χ0) is 7.84. The average Bonchev–Trinajstić information content (AvgIpc) is 2.34. The fourth-order valence-electron chi connectivity index (χ4n) is 0.783. The van der Waals surface area contributed by atoms with Crippen LogP contribution in [0, 0.1) is 0 Å². The number of nitrogens with zero attached hydrogens (tertiary/aromatic N) is 3. The molecule has 2 aliphatic heterocycles. The lowest BCUT2D eigenvalue weighted by Crippen LogP contribution is -2.41. The van der Waals surface area contributed by atoms with Crippen LogP contribution in [-0.4, -0.2) is 29.8 Å². The summed E-state index contributed by atoms with van der Waals surface area (Å²) in [5.74, 6) is -0.448. The van der Waals surface area contributed by atoms with E-state index in [1.807, 2.05) is 5.32 Å². The summed E-state index contributed by atoms with van der Waals surface area (Å²) in [4.78, 5) is 32.0. The Morgan fingerprint density at radius 2 is 2.36 bits per heavy atom. The van der Waals surface area contributed by atoms with E-state index in [-0.39, 0.29) is 11.5 Å². The van der Waals surface area contributed by atoms with Gasteiger partial charge < -0.3 is 0 Å². The molecule has 6 heteroatoms. The Morgan fingerprint density at radius 1 is 1.55 bits per heavy atom. The lowest BCUT2D eigenvalue weighted by atomic mass is 10.3. The van der Waals surface area contributed by atoms with Crippen molar-refractivity contribution in [2.45, 2.75) is 0 Å². The summed E-state index contributed by atoms with van der Waals surface area (Å²) in [6.07, 6.45) is 1.19. The van der Waals surface area contributed by atoms with E-state index < -0.39 is 11.9 Å². The largest absolute Gasteiger partial charge is 0.350 e. The molecule has 0 aliphatic carbocycles. The molecule has 6 nitrogen and oxygen atoms in total. The summed E-state index contributed by atoms with van der Waals surface area (Å²) in [6.45, 7) is 0. The monoisotopic (exact) mass is 152 g/mol. The first-order valence-corrected chi connectivity index (χ1v) is 2.82. The number of hydrogen-bond acceptors (Lipinski definition) is 4. The molecule has 0 bridgehead atoms. The maximum Gasteiger partial charge on any atom is 0.350 e. The Bertz CT molecular complexity index is 338. The molecule has 2 aliphatic rings. The molecule has 0 atom stereocenters. The van der Waals surface area contributed by atoms with Crippen molar-refractivity contribution in [2.24, 2.45) is 15.0 Å². The number of carbonyl (C=O) groups is 2. The van der Waals surface area contributed by atoms with Crippen LogP contribution in [0.1, 0.15) is 0 Å². The number of urea groups is 1. The third-order valence-electron chi connectivity index (χ3n) is 1.22. The molecule has 0 spiro atoms. The summed E-state index contributed by atoms with van der Waals surface area (Å²) >= 11 is 0. The van der Waals surface area contributed by atoms with Crippen molar-refractivity contribution in [3.8, 4) is 0 Å². The molecule has 0 radical (unpaired) electrons. The average molecular weight is 152 g/mol. The summed E-state index contributed by atoms with van der Waals surface area (Å²) in [5.41, 5.74) is 0.101. The van der Waals surface area contributed by atoms with Gasteiger partial charge in [0.25, 0.3) is 5.91 Å². The van der Waals surface area contributed by atoms with E-state index in [1.54, 1.807) is 0 Å². The van der Waals surface area contributed by atoms with E-state index >= 15 is 0 Å². The van der Waals surface area contributed by atoms with Crippen molar-refractivity contribution >= 4 is 29.8 Å². The first-order chi connectivity index (χ1) is 5.27. The molecule has 0 aromatic carbocycles. The second-order valence-electron chi connectivity index (χ2n) is 1.92. The highest BCUT2D eigenvalue weighted by Gasteiger charge is 2.27. The first-order valence-electron chi connectivity index (χ1n) is 2.82. The number of rotatable bonds is 0.